The maximum absolute atomic E-state index is 13.1. The second-order valence-corrected chi connectivity index (χ2v) is 4.37. The van der Waals surface area contributed by atoms with Crippen molar-refractivity contribution in [3.05, 3.63) is 65.2 Å². The molecular formula is C16H15F2NO2. The third kappa shape index (κ3) is 3.78. The predicted molar refractivity (Wildman–Crippen MR) is 76.1 cm³/mol. The molecule has 2 aromatic carbocycles. The van der Waals surface area contributed by atoms with Crippen molar-refractivity contribution in [2.45, 2.75) is 13.5 Å². The van der Waals surface area contributed by atoms with E-state index in [1.165, 1.54) is 6.07 Å². The van der Waals surface area contributed by atoms with E-state index in [4.69, 9.17) is 4.74 Å². The molecule has 0 aliphatic carbocycles. The van der Waals surface area contributed by atoms with Crippen molar-refractivity contribution in [3.63, 3.8) is 0 Å². The Kier molecular flexibility index (Phi) is 4.87. The zero-order chi connectivity index (χ0) is 15.2. The standard InChI is InChI=1S/C16H15F2NO2/c1-2-21-16(20)12-5-3-4-6-15(12)19-10-11-7-8-13(17)14(18)9-11/h3-9,19H,2,10H2,1H3. The van der Waals surface area contributed by atoms with Gasteiger partial charge in [0.15, 0.2) is 11.6 Å². The summed E-state index contributed by atoms with van der Waals surface area (Å²) in [6.07, 6.45) is 0. The van der Waals surface area contributed by atoms with Crippen molar-refractivity contribution in [3.8, 4) is 0 Å². The Labute approximate surface area is 121 Å². The molecule has 1 N–H and O–H groups in total. The lowest BCUT2D eigenvalue weighted by Crippen LogP contribution is -2.09. The van der Waals surface area contributed by atoms with Gasteiger partial charge in [0.05, 0.1) is 12.2 Å². The first-order valence-corrected chi connectivity index (χ1v) is 6.55. The van der Waals surface area contributed by atoms with Crippen LogP contribution in [0.3, 0.4) is 0 Å². The largest absolute Gasteiger partial charge is 0.462 e. The first-order valence-electron chi connectivity index (χ1n) is 6.55. The number of anilines is 1. The van der Waals surface area contributed by atoms with Crippen molar-refractivity contribution in [1.29, 1.82) is 0 Å². The zero-order valence-electron chi connectivity index (χ0n) is 11.5. The third-order valence-corrected chi connectivity index (χ3v) is 2.89. The molecule has 0 heterocycles. The second kappa shape index (κ2) is 6.83. The summed E-state index contributed by atoms with van der Waals surface area (Å²) in [6.45, 7) is 2.29. The lowest BCUT2D eigenvalue weighted by Gasteiger charge is -2.11. The predicted octanol–water partition coefficient (Wildman–Crippen LogP) is 3.75. The molecule has 0 spiro atoms. The highest BCUT2D eigenvalue weighted by atomic mass is 19.2. The van der Waals surface area contributed by atoms with Crippen LogP contribution in [0.2, 0.25) is 0 Å². The van der Waals surface area contributed by atoms with Crippen LogP contribution >= 0.6 is 0 Å². The fourth-order valence-corrected chi connectivity index (χ4v) is 1.87. The summed E-state index contributed by atoms with van der Waals surface area (Å²) in [4.78, 5) is 11.8. The fourth-order valence-electron chi connectivity index (χ4n) is 1.87. The Hall–Kier alpha value is -2.43. The Morgan fingerprint density at radius 3 is 2.62 bits per heavy atom. The lowest BCUT2D eigenvalue weighted by molar-refractivity contribution is 0.0527. The van der Waals surface area contributed by atoms with E-state index in [-0.39, 0.29) is 13.2 Å². The van der Waals surface area contributed by atoms with Gasteiger partial charge in [-0.1, -0.05) is 18.2 Å². The molecule has 0 saturated carbocycles. The molecule has 0 aromatic heterocycles. The Bertz CT molecular complexity index is 644. The highest BCUT2D eigenvalue weighted by Crippen LogP contribution is 2.18. The summed E-state index contributed by atoms with van der Waals surface area (Å²) in [5.41, 5.74) is 1.56. The number of para-hydroxylation sites is 1. The van der Waals surface area contributed by atoms with Crippen LogP contribution in [0.25, 0.3) is 0 Å². The number of esters is 1. The molecule has 0 radical (unpaired) electrons. The highest BCUT2D eigenvalue weighted by molar-refractivity contribution is 5.95. The number of hydrogen-bond donors (Lipinski definition) is 1. The molecule has 3 nitrogen and oxygen atoms in total. The maximum Gasteiger partial charge on any atom is 0.340 e. The minimum atomic E-state index is -0.895. The molecule has 0 atom stereocenters. The van der Waals surface area contributed by atoms with Crippen molar-refractivity contribution >= 4 is 11.7 Å². The molecular weight excluding hydrogens is 276 g/mol. The van der Waals surface area contributed by atoms with Gasteiger partial charge >= 0.3 is 5.97 Å². The summed E-state index contributed by atoms with van der Waals surface area (Å²) >= 11 is 0. The van der Waals surface area contributed by atoms with Gasteiger partial charge in [-0.15, -0.1) is 0 Å². The molecule has 0 amide bonds. The van der Waals surface area contributed by atoms with Crippen LogP contribution < -0.4 is 5.32 Å². The second-order valence-electron chi connectivity index (χ2n) is 4.37. The Balaban J connectivity index is 2.12. The van der Waals surface area contributed by atoms with E-state index in [0.29, 0.717) is 16.8 Å². The van der Waals surface area contributed by atoms with Crippen molar-refractivity contribution in [2.24, 2.45) is 0 Å². The molecule has 5 heteroatoms. The summed E-state index contributed by atoms with van der Waals surface area (Å²) in [5, 5.41) is 3.03. The van der Waals surface area contributed by atoms with Gasteiger partial charge in [-0.25, -0.2) is 13.6 Å². The number of carbonyl (C=O) groups excluding carboxylic acids is 1. The number of benzene rings is 2. The van der Waals surface area contributed by atoms with Crippen molar-refractivity contribution in [1.82, 2.24) is 0 Å². The zero-order valence-corrected chi connectivity index (χ0v) is 11.5. The van der Waals surface area contributed by atoms with Crippen LogP contribution in [0.15, 0.2) is 42.5 Å². The van der Waals surface area contributed by atoms with Gasteiger partial charge in [0.2, 0.25) is 0 Å². The molecule has 2 rings (SSSR count). The number of rotatable bonds is 5. The van der Waals surface area contributed by atoms with Crippen molar-refractivity contribution in [2.75, 3.05) is 11.9 Å². The van der Waals surface area contributed by atoms with Gasteiger partial charge < -0.3 is 10.1 Å². The molecule has 2 aromatic rings. The normalized spacial score (nSPS) is 10.2. The minimum absolute atomic E-state index is 0.271. The van der Waals surface area contributed by atoms with E-state index in [9.17, 15) is 13.6 Å². The van der Waals surface area contributed by atoms with Gasteiger partial charge in [0.25, 0.3) is 0 Å². The summed E-state index contributed by atoms with van der Waals surface area (Å²) in [7, 11) is 0. The summed E-state index contributed by atoms with van der Waals surface area (Å²) in [5.74, 6) is -2.20. The highest BCUT2D eigenvalue weighted by Gasteiger charge is 2.11. The van der Waals surface area contributed by atoms with Gasteiger partial charge in [-0.3, -0.25) is 0 Å². The smallest absolute Gasteiger partial charge is 0.340 e. The average molecular weight is 291 g/mol. The van der Waals surface area contributed by atoms with E-state index in [2.05, 4.69) is 5.32 Å². The molecule has 21 heavy (non-hydrogen) atoms. The van der Waals surface area contributed by atoms with Gasteiger partial charge in [0.1, 0.15) is 0 Å². The average Bonchev–Trinajstić information content (AvgIpc) is 2.49. The van der Waals surface area contributed by atoms with Gasteiger partial charge in [-0.05, 0) is 36.8 Å². The van der Waals surface area contributed by atoms with Crippen LogP contribution in [-0.4, -0.2) is 12.6 Å². The van der Waals surface area contributed by atoms with E-state index in [0.717, 1.165) is 12.1 Å². The van der Waals surface area contributed by atoms with Crippen LogP contribution in [0, 0.1) is 11.6 Å². The first kappa shape index (κ1) is 15.0. The molecule has 110 valence electrons. The lowest BCUT2D eigenvalue weighted by atomic mass is 10.1. The topological polar surface area (TPSA) is 38.3 Å². The van der Waals surface area contributed by atoms with Crippen LogP contribution in [0.1, 0.15) is 22.8 Å². The molecule has 0 bridgehead atoms. The van der Waals surface area contributed by atoms with E-state index >= 15 is 0 Å². The third-order valence-electron chi connectivity index (χ3n) is 2.89. The van der Waals surface area contributed by atoms with Gasteiger partial charge in [-0.2, -0.15) is 0 Å². The SMILES string of the molecule is CCOC(=O)c1ccccc1NCc1ccc(F)c(F)c1. The quantitative estimate of drug-likeness (QED) is 0.853. The van der Waals surface area contributed by atoms with E-state index < -0.39 is 17.6 Å². The molecule has 0 saturated heterocycles. The minimum Gasteiger partial charge on any atom is -0.462 e. The van der Waals surface area contributed by atoms with Gasteiger partial charge in [0, 0.05) is 12.2 Å². The number of halogens is 2. The summed E-state index contributed by atoms with van der Waals surface area (Å²) in [6, 6.07) is 10.6. The van der Waals surface area contributed by atoms with Crippen LogP contribution in [-0.2, 0) is 11.3 Å². The van der Waals surface area contributed by atoms with Crippen LogP contribution in [0.5, 0.6) is 0 Å². The van der Waals surface area contributed by atoms with Crippen LogP contribution in [0.4, 0.5) is 14.5 Å². The fraction of sp³-hybridized carbons (Fsp3) is 0.188. The molecule has 0 fully saturated rings. The molecule has 0 aliphatic rings. The molecule has 0 aliphatic heterocycles. The van der Waals surface area contributed by atoms with Crippen molar-refractivity contribution < 1.29 is 18.3 Å². The Morgan fingerprint density at radius 2 is 1.90 bits per heavy atom. The summed E-state index contributed by atoms with van der Waals surface area (Å²) < 4.78 is 31.0. The number of ether oxygens (including phenoxy) is 1. The monoisotopic (exact) mass is 291 g/mol. The number of carbonyl (C=O) groups is 1. The number of nitrogens with one attached hydrogen (secondary N) is 1. The Morgan fingerprint density at radius 1 is 1.14 bits per heavy atom. The first-order chi connectivity index (χ1) is 10.1. The maximum atomic E-state index is 13.1. The van der Waals surface area contributed by atoms with E-state index in [1.54, 1.807) is 31.2 Å². The molecule has 0 unspecified atom stereocenters. The number of hydrogen-bond acceptors (Lipinski definition) is 3. The van der Waals surface area contributed by atoms with E-state index in [1.807, 2.05) is 0 Å².